The molecule has 1 heterocycles. The molecular weight excluding hydrogens is 318 g/mol. The number of aliphatic carboxylic acids is 1. The van der Waals surface area contributed by atoms with E-state index in [-0.39, 0.29) is 31.4 Å². The standard InChI is InChI=1S/C16H17NO5S/c18-14(19)10-21-9-7-17-16(20)15-12(6-8-22-15)11-23-13-4-2-1-3-5-13/h1-6,8H,7,9-11H2,(H,17,20)(H,18,19). The third kappa shape index (κ3) is 5.80. The molecule has 0 spiro atoms. The molecule has 2 aromatic rings. The average Bonchev–Trinajstić information content (AvgIpc) is 3.02. The molecule has 0 aliphatic carbocycles. The highest BCUT2D eigenvalue weighted by atomic mass is 32.2. The fourth-order valence-corrected chi connectivity index (χ4v) is 2.70. The summed E-state index contributed by atoms with van der Waals surface area (Å²) in [6.45, 7) is -0.0273. The molecule has 2 rings (SSSR count). The van der Waals surface area contributed by atoms with E-state index in [1.807, 2.05) is 30.3 Å². The molecule has 23 heavy (non-hydrogen) atoms. The maximum atomic E-state index is 12.0. The van der Waals surface area contributed by atoms with Gasteiger partial charge in [-0.25, -0.2) is 4.79 Å². The highest BCUT2D eigenvalue weighted by Gasteiger charge is 2.15. The predicted molar refractivity (Wildman–Crippen MR) is 85.5 cm³/mol. The van der Waals surface area contributed by atoms with Crippen molar-refractivity contribution in [2.75, 3.05) is 19.8 Å². The van der Waals surface area contributed by atoms with Crippen molar-refractivity contribution >= 4 is 23.6 Å². The molecule has 0 unspecified atom stereocenters. The number of thioether (sulfide) groups is 1. The first-order valence-corrected chi connectivity index (χ1v) is 7.97. The molecule has 1 aromatic heterocycles. The zero-order chi connectivity index (χ0) is 16.5. The lowest BCUT2D eigenvalue weighted by molar-refractivity contribution is -0.142. The topological polar surface area (TPSA) is 88.8 Å². The van der Waals surface area contributed by atoms with E-state index < -0.39 is 5.97 Å². The summed E-state index contributed by atoms with van der Waals surface area (Å²) in [4.78, 5) is 23.4. The van der Waals surface area contributed by atoms with Gasteiger partial charge in [0.25, 0.3) is 5.91 Å². The Hall–Kier alpha value is -2.25. The molecule has 2 N–H and O–H groups in total. The second kappa shape index (κ2) is 9.02. The van der Waals surface area contributed by atoms with Gasteiger partial charge in [-0.05, 0) is 18.2 Å². The minimum atomic E-state index is -1.04. The molecule has 0 aliphatic heterocycles. The monoisotopic (exact) mass is 335 g/mol. The van der Waals surface area contributed by atoms with Gasteiger partial charge in [-0.1, -0.05) is 18.2 Å². The molecule has 0 bridgehead atoms. The van der Waals surface area contributed by atoms with Crippen LogP contribution in [0.4, 0.5) is 0 Å². The zero-order valence-corrected chi connectivity index (χ0v) is 13.2. The summed E-state index contributed by atoms with van der Waals surface area (Å²) in [5.41, 5.74) is 0.808. The maximum Gasteiger partial charge on any atom is 0.329 e. The van der Waals surface area contributed by atoms with Gasteiger partial charge in [0.1, 0.15) is 6.61 Å². The summed E-state index contributed by atoms with van der Waals surface area (Å²) in [5, 5.41) is 11.1. The Morgan fingerprint density at radius 1 is 1.22 bits per heavy atom. The Labute approximate surface area is 137 Å². The van der Waals surface area contributed by atoms with Crippen molar-refractivity contribution in [2.45, 2.75) is 10.6 Å². The molecule has 0 saturated carbocycles. The van der Waals surface area contributed by atoms with Crippen LogP contribution < -0.4 is 5.32 Å². The SMILES string of the molecule is O=C(O)COCCNC(=O)c1occc1CSc1ccccc1. The molecule has 0 fully saturated rings. The minimum Gasteiger partial charge on any atom is -0.480 e. The lowest BCUT2D eigenvalue weighted by Gasteiger charge is -2.05. The van der Waals surface area contributed by atoms with Crippen LogP contribution in [0.1, 0.15) is 16.1 Å². The van der Waals surface area contributed by atoms with E-state index in [1.54, 1.807) is 17.8 Å². The smallest absolute Gasteiger partial charge is 0.329 e. The van der Waals surface area contributed by atoms with Crippen molar-refractivity contribution < 1.29 is 23.8 Å². The first-order chi connectivity index (χ1) is 11.2. The Bertz CT molecular complexity index is 641. The first kappa shape index (κ1) is 17.1. The Morgan fingerprint density at radius 3 is 2.74 bits per heavy atom. The number of amides is 1. The second-order valence-electron chi connectivity index (χ2n) is 4.58. The minimum absolute atomic E-state index is 0.132. The van der Waals surface area contributed by atoms with E-state index in [0.717, 1.165) is 10.5 Å². The van der Waals surface area contributed by atoms with Crippen molar-refractivity contribution in [2.24, 2.45) is 0 Å². The van der Waals surface area contributed by atoms with Crippen molar-refractivity contribution in [1.82, 2.24) is 5.32 Å². The molecule has 0 saturated heterocycles. The average molecular weight is 335 g/mol. The summed E-state index contributed by atoms with van der Waals surface area (Å²) < 4.78 is 10.1. The van der Waals surface area contributed by atoms with Crippen LogP contribution in [0.2, 0.25) is 0 Å². The third-order valence-corrected chi connectivity index (χ3v) is 3.91. The molecule has 0 radical (unpaired) electrons. The Balaban J connectivity index is 1.80. The highest BCUT2D eigenvalue weighted by molar-refractivity contribution is 7.98. The van der Waals surface area contributed by atoms with Crippen LogP contribution in [-0.2, 0) is 15.3 Å². The molecule has 7 heteroatoms. The maximum absolute atomic E-state index is 12.0. The van der Waals surface area contributed by atoms with Crippen LogP contribution in [0, 0.1) is 0 Å². The van der Waals surface area contributed by atoms with Gasteiger partial charge in [-0.3, -0.25) is 4.79 Å². The lowest BCUT2D eigenvalue weighted by atomic mass is 10.2. The molecular formula is C16H17NO5S. The summed E-state index contributed by atoms with van der Waals surface area (Å²) in [7, 11) is 0. The van der Waals surface area contributed by atoms with Gasteiger partial charge < -0.3 is 19.6 Å². The summed E-state index contributed by atoms with van der Waals surface area (Å²) in [6.07, 6.45) is 1.48. The number of benzene rings is 1. The highest BCUT2D eigenvalue weighted by Crippen LogP contribution is 2.24. The lowest BCUT2D eigenvalue weighted by Crippen LogP contribution is -2.28. The van der Waals surface area contributed by atoms with Crippen LogP contribution in [0.15, 0.2) is 52.0 Å². The van der Waals surface area contributed by atoms with Crippen molar-refractivity contribution in [3.63, 3.8) is 0 Å². The molecule has 1 amide bonds. The summed E-state index contributed by atoms with van der Waals surface area (Å²) >= 11 is 1.61. The third-order valence-electron chi connectivity index (χ3n) is 2.85. The van der Waals surface area contributed by atoms with Gasteiger partial charge in [0.2, 0.25) is 0 Å². The first-order valence-electron chi connectivity index (χ1n) is 6.99. The second-order valence-corrected chi connectivity index (χ2v) is 5.63. The number of carboxylic acid groups (broad SMARTS) is 1. The van der Waals surface area contributed by atoms with E-state index in [4.69, 9.17) is 14.3 Å². The van der Waals surface area contributed by atoms with E-state index in [2.05, 4.69) is 5.32 Å². The van der Waals surface area contributed by atoms with Gasteiger partial charge >= 0.3 is 5.97 Å². The number of carbonyl (C=O) groups excluding carboxylic acids is 1. The molecule has 0 aliphatic rings. The van der Waals surface area contributed by atoms with E-state index in [9.17, 15) is 9.59 Å². The number of hydrogen-bond acceptors (Lipinski definition) is 5. The number of carbonyl (C=O) groups is 2. The number of hydrogen-bond donors (Lipinski definition) is 2. The Morgan fingerprint density at radius 2 is 2.00 bits per heavy atom. The van der Waals surface area contributed by atoms with Crippen LogP contribution in [-0.4, -0.2) is 36.7 Å². The van der Waals surface area contributed by atoms with Crippen molar-refractivity contribution in [3.05, 3.63) is 54.0 Å². The Kier molecular flexibility index (Phi) is 6.71. The van der Waals surface area contributed by atoms with Crippen LogP contribution in [0.25, 0.3) is 0 Å². The number of nitrogens with one attached hydrogen (secondary N) is 1. The van der Waals surface area contributed by atoms with E-state index in [0.29, 0.717) is 5.75 Å². The normalized spacial score (nSPS) is 10.4. The van der Waals surface area contributed by atoms with Crippen LogP contribution in [0.3, 0.4) is 0 Å². The fourth-order valence-electron chi connectivity index (χ4n) is 1.80. The van der Waals surface area contributed by atoms with E-state index >= 15 is 0 Å². The van der Waals surface area contributed by atoms with Crippen LogP contribution >= 0.6 is 11.8 Å². The van der Waals surface area contributed by atoms with Gasteiger partial charge in [-0.2, -0.15) is 0 Å². The number of rotatable bonds is 9. The van der Waals surface area contributed by atoms with Gasteiger partial charge in [0.05, 0.1) is 12.9 Å². The quantitative estimate of drug-likeness (QED) is 0.540. The van der Waals surface area contributed by atoms with Crippen molar-refractivity contribution in [1.29, 1.82) is 0 Å². The summed E-state index contributed by atoms with van der Waals surface area (Å²) in [5.74, 6) is -0.481. The number of ether oxygens (including phenoxy) is 1. The number of carboxylic acids is 1. The van der Waals surface area contributed by atoms with Crippen LogP contribution in [0.5, 0.6) is 0 Å². The fraction of sp³-hybridized carbons (Fsp3) is 0.250. The summed E-state index contributed by atoms with van der Waals surface area (Å²) in [6, 6.07) is 11.7. The van der Waals surface area contributed by atoms with Gasteiger partial charge in [0.15, 0.2) is 5.76 Å². The zero-order valence-electron chi connectivity index (χ0n) is 12.4. The van der Waals surface area contributed by atoms with Crippen molar-refractivity contribution in [3.8, 4) is 0 Å². The largest absolute Gasteiger partial charge is 0.480 e. The number of furan rings is 1. The van der Waals surface area contributed by atoms with Gasteiger partial charge in [0, 0.05) is 22.8 Å². The predicted octanol–water partition coefficient (Wildman–Crippen LogP) is 2.40. The van der Waals surface area contributed by atoms with E-state index in [1.165, 1.54) is 6.26 Å². The molecule has 122 valence electrons. The molecule has 0 atom stereocenters. The molecule has 6 nitrogen and oxygen atoms in total. The van der Waals surface area contributed by atoms with Gasteiger partial charge in [-0.15, -0.1) is 11.8 Å². The molecule has 1 aromatic carbocycles.